The molecule has 1 saturated heterocycles. The number of fused-ring (bicyclic) bond motifs is 1. The Morgan fingerprint density at radius 3 is 2.42 bits per heavy atom. The van der Waals surface area contributed by atoms with Gasteiger partial charge in [-0.3, -0.25) is 0 Å². The van der Waals surface area contributed by atoms with Gasteiger partial charge in [-0.05, 0) is 0 Å². The first kappa shape index (κ1) is 28.3. The number of amidine groups is 1. The molecule has 2 aliphatic heterocycles. The molecule has 2 atom stereocenters. The van der Waals surface area contributed by atoms with Crippen molar-refractivity contribution in [3.63, 3.8) is 0 Å². The van der Waals surface area contributed by atoms with E-state index in [-0.39, 0.29) is 40.8 Å². The molecule has 0 bridgehead atoms. The summed E-state index contributed by atoms with van der Waals surface area (Å²) in [7, 11) is -3.63. The molecule has 0 spiro atoms. The molecular formula is C29H34ClFN5O3P. The quantitative estimate of drug-likeness (QED) is 0.330. The van der Waals surface area contributed by atoms with Gasteiger partial charge in [0.05, 0.1) is 0 Å². The van der Waals surface area contributed by atoms with Crippen molar-refractivity contribution in [1.29, 1.82) is 0 Å². The maximum absolute atomic E-state index is 15.0. The number of pyridine rings is 1. The van der Waals surface area contributed by atoms with Crippen LogP contribution in [0.25, 0.3) is 11.3 Å². The fourth-order valence-corrected chi connectivity index (χ4v) is 7.83. The second-order valence-corrected chi connectivity index (χ2v) is 13.9. The molecule has 212 valence electrons. The molecule has 5 rings (SSSR count). The van der Waals surface area contributed by atoms with Gasteiger partial charge in [0.1, 0.15) is 0 Å². The summed E-state index contributed by atoms with van der Waals surface area (Å²) in [6.07, 6.45) is -0.970. The van der Waals surface area contributed by atoms with Gasteiger partial charge in [0.25, 0.3) is 0 Å². The van der Waals surface area contributed by atoms with Crippen LogP contribution in [0.4, 0.5) is 20.7 Å². The Kier molecular flexibility index (Phi) is 7.50. The summed E-state index contributed by atoms with van der Waals surface area (Å²) in [4.78, 5) is 32.3. The van der Waals surface area contributed by atoms with Gasteiger partial charge in [0, 0.05) is 0 Å². The fourth-order valence-electron chi connectivity index (χ4n) is 5.60. The number of hydrogen-bond donors (Lipinski definition) is 2. The van der Waals surface area contributed by atoms with E-state index < -0.39 is 19.7 Å². The summed E-state index contributed by atoms with van der Waals surface area (Å²) >= 11 is 6.79. The van der Waals surface area contributed by atoms with E-state index in [0.717, 1.165) is 11.3 Å². The number of benzene rings is 2. The summed E-state index contributed by atoms with van der Waals surface area (Å²) in [5, 5.41) is 9.92. The van der Waals surface area contributed by atoms with Gasteiger partial charge in [-0.15, -0.1) is 0 Å². The Bertz CT molecular complexity index is 1500. The van der Waals surface area contributed by atoms with Crippen LogP contribution in [-0.4, -0.2) is 68.6 Å². The third-order valence-electron chi connectivity index (χ3n) is 7.58. The third kappa shape index (κ3) is 4.91. The molecule has 11 heteroatoms. The molecule has 2 N–H and O–H groups in total. The summed E-state index contributed by atoms with van der Waals surface area (Å²) in [5.41, 5.74) is 2.93. The van der Waals surface area contributed by atoms with Crippen molar-refractivity contribution in [2.24, 2.45) is 4.76 Å². The minimum atomic E-state index is -3.63. The number of halogens is 2. The molecule has 1 amide bonds. The van der Waals surface area contributed by atoms with E-state index in [9.17, 15) is 19.2 Å². The van der Waals surface area contributed by atoms with Crippen molar-refractivity contribution in [3.05, 3.63) is 76.6 Å². The van der Waals surface area contributed by atoms with Crippen LogP contribution in [0.15, 0.2) is 59.4 Å². The van der Waals surface area contributed by atoms with Crippen LogP contribution < -0.4 is 4.67 Å². The van der Waals surface area contributed by atoms with Crippen LogP contribution >= 0.6 is 19.4 Å². The number of carbonyl (C=O) groups is 1. The van der Waals surface area contributed by atoms with Crippen LogP contribution in [0.3, 0.4) is 0 Å². The number of aromatic nitrogens is 1. The van der Waals surface area contributed by atoms with Crippen molar-refractivity contribution in [2.75, 3.05) is 24.4 Å². The van der Waals surface area contributed by atoms with E-state index in [4.69, 9.17) is 21.3 Å². The number of hydrogen-bond acceptors (Lipinski definition) is 6. The Morgan fingerprint density at radius 2 is 1.75 bits per heavy atom. The predicted octanol–water partition coefficient (Wildman–Crippen LogP) is 6.75. The van der Waals surface area contributed by atoms with Gasteiger partial charge in [0.15, 0.2) is 0 Å². The molecule has 1 fully saturated rings. The van der Waals surface area contributed by atoms with Crippen molar-refractivity contribution < 1.29 is 19.2 Å². The topological polar surface area (TPSA) is 92.5 Å². The Hall–Kier alpha value is -3.26. The number of amides is 1. The zero-order chi connectivity index (χ0) is 28.9. The molecule has 2 aromatic carbocycles. The number of carboxylic acid groups (broad SMARTS) is 1. The van der Waals surface area contributed by atoms with Gasteiger partial charge in [-0.25, -0.2) is 0 Å². The molecule has 0 aliphatic carbocycles. The van der Waals surface area contributed by atoms with E-state index >= 15 is 0 Å². The summed E-state index contributed by atoms with van der Waals surface area (Å²) in [6, 6.07) is 15.4. The summed E-state index contributed by atoms with van der Waals surface area (Å²) in [5.74, 6) is 0.659. The number of anilines is 2. The van der Waals surface area contributed by atoms with E-state index in [0.29, 0.717) is 23.8 Å². The maximum atomic E-state index is 15.0. The molecule has 8 nitrogen and oxygen atoms in total. The molecule has 3 aromatic rings. The molecular weight excluding hydrogens is 552 g/mol. The average Bonchev–Trinajstić information content (AvgIpc) is 2.89. The summed E-state index contributed by atoms with van der Waals surface area (Å²) in [6.45, 7) is 10.3. The standard InChI is InChI=1S/C29H34ClFN5O3P/c1-17(2)20-10-7-9-13-25(20)36-27-22(14-23(30)26(32-27)21-11-6-8-12-24(21)31)28(33-40(36,5)39)34-15-19(4)35(29(37)38)16-18(34)3/h6-14,17-19,39-40H,15-16H2,1-5H3,(H,37,38). The molecule has 2 aliphatic rings. The van der Waals surface area contributed by atoms with Crippen molar-refractivity contribution >= 4 is 42.8 Å². The first-order valence-electron chi connectivity index (χ1n) is 13.3. The average molecular weight is 586 g/mol. The van der Waals surface area contributed by atoms with Crippen LogP contribution in [0.2, 0.25) is 5.02 Å². The number of para-hydroxylation sites is 1. The fraction of sp³-hybridized carbons (Fsp3) is 0.345. The van der Waals surface area contributed by atoms with E-state index in [2.05, 4.69) is 13.8 Å². The number of nitrogens with zero attached hydrogens (tertiary/aromatic N) is 5. The normalized spacial score (nSPS) is 21.2. The van der Waals surface area contributed by atoms with Crippen LogP contribution in [-0.2, 0) is 0 Å². The zero-order valence-electron chi connectivity index (χ0n) is 23.1. The first-order valence-corrected chi connectivity index (χ1v) is 16.1. The van der Waals surface area contributed by atoms with Gasteiger partial charge in [0.2, 0.25) is 0 Å². The van der Waals surface area contributed by atoms with Crippen LogP contribution in [0.1, 0.15) is 44.7 Å². The van der Waals surface area contributed by atoms with E-state index in [1.165, 1.54) is 11.0 Å². The van der Waals surface area contributed by atoms with Gasteiger partial charge >= 0.3 is 240 Å². The van der Waals surface area contributed by atoms with Gasteiger partial charge in [-0.2, -0.15) is 0 Å². The number of rotatable bonds is 3. The van der Waals surface area contributed by atoms with Crippen molar-refractivity contribution in [2.45, 2.75) is 45.7 Å². The second kappa shape index (κ2) is 10.6. The van der Waals surface area contributed by atoms with E-state index in [1.807, 2.05) is 47.7 Å². The van der Waals surface area contributed by atoms with Gasteiger partial charge in [-0.1, -0.05) is 0 Å². The Morgan fingerprint density at radius 1 is 1.07 bits per heavy atom. The Balaban J connectivity index is 1.75. The van der Waals surface area contributed by atoms with Crippen molar-refractivity contribution in [3.8, 4) is 11.3 Å². The molecule has 0 saturated carbocycles. The minimum absolute atomic E-state index is 0.151. The van der Waals surface area contributed by atoms with Crippen LogP contribution in [0.5, 0.6) is 0 Å². The predicted molar refractivity (Wildman–Crippen MR) is 161 cm³/mol. The SMILES string of the molecule is CC(C)c1ccccc1N1c2nc(-c3ccccc3F)c(Cl)cc2C(N2CC(C)N(C(=O)O)CC2C)=N[PH]1(C)O. The van der Waals surface area contributed by atoms with Crippen LogP contribution in [0, 0.1) is 5.82 Å². The molecule has 3 heterocycles. The molecule has 2 unspecified atom stereocenters. The third-order valence-corrected chi connectivity index (χ3v) is 9.81. The molecule has 40 heavy (non-hydrogen) atoms. The van der Waals surface area contributed by atoms with E-state index in [1.54, 1.807) is 30.9 Å². The summed E-state index contributed by atoms with van der Waals surface area (Å²) < 4.78 is 21.7. The zero-order valence-corrected chi connectivity index (χ0v) is 24.9. The molecule has 0 radical (unpaired) electrons. The molecule has 1 aromatic heterocycles. The first-order chi connectivity index (χ1) is 18.9. The monoisotopic (exact) mass is 585 g/mol. The van der Waals surface area contributed by atoms with Gasteiger partial charge < -0.3 is 0 Å². The van der Waals surface area contributed by atoms with Crippen molar-refractivity contribution in [1.82, 2.24) is 14.8 Å². The number of piperazine rings is 1. The second-order valence-electron chi connectivity index (χ2n) is 10.9. The Labute approximate surface area is 239 Å².